The molecule has 2 amide bonds. The van der Waals surface area contributed by atoms with Crippen LogP contribution >= 0.6 is 23.8 Å². The summed E-state index contributed by atoms with van der Waals surface area (Å²) in [5.74, 6) is -1.01. The second-order valence-corrected chi connectivity index (χ2v) is 9.97. The monoisotopic (exact) mass is 479 g/mol. The topological polar surface area (TPSA) is 52.7 Å². The summed E-state index contributed by atoms with van der Waals surface area (Å²) in [5, 5.41) is 3.17. The molecule has 5 nitrogen and oxygen atoms in total. The van der Waals surface area contributed by atoms with E-state index in [0.29, 0.717) is 16.3 Å². The van der Waals surface area contributed by atoms with E-state index >= 15 is 0 Å². The first-order chi connectivity index (χ1) is 15.4. The van der Waals surface area contributed by atoms with Gasteiger partial charge in [0.15, 0.2) is 5.11 Å². The number of aryl methyl sites for hydroxylation is 2. The molecule has 2 heterocycles. The predicted molar refractivity (Wildman–Crippen MR) is 140 cm³/mol. The molecule has 0 spiro atoms. The van der Waals surface area contributed by atoms with Gasteiger partial charge in [-0.25, -0.2) is 0 Å². The van der Waals surface area contributed by atoms with Crippen LogP contribution in [-0.4, -0.2) is 29.5 Å². The Morgan fingerprint density at radius 1 is 1.06 bits per heavy atom. The summed E-state index contributed by atoms with van der Waals surface area (Å²) in [7, 11) is 2.02. The first-order valence-corrected chi connectivity index (χ1v) is 11.5. The lowest BCUT2D eigenvalue weighted by atomic mass is 9.88. The number of thiocarbonyl (C=S) groups is 1. The van der Waals surface area contributed by atoms with E-state index in [-0.39, 0.29) is 16.2 Å². The normalized spacial score (nSPS) is 18.9. The van der Waals surface area contributed by atoms with Gasteiger partial charge in [-0.1, -0.05) is 35.4 Å². The van der Waals surface area contributed by atoms with Gasteiger partial charge < -0.3 is 4.90 Å². The van der Waals surface area contributed by atoms with Crippen molar-refractivity contribution in [2.75, 3.05) is 16.8 Å². The number of amides is 2. The van der Waals surface area contributed by atoms with E-state index in [4.69, 9.17) is 23.8 Å². The highest BCUT2D eigenvalue weighted by atomic mass is 35.5. The molecule has 0 bridgehead atoms. The smallest absolute Gasteiger partial charge is 0.270 e. The molecular formula is C26H26ClN3O2S. The fourth-order valence-corrected chi connectivity index (χ4v) is 4.87. The van der Waals surface area contributed by atoms with Crippen molar-refractivity contribution in [3.8, 4) is 0 Å². The number of carbonyl (C=O) groups excluding carboxylic acids is 2. The molecule has 0 unspecified atom stereocenters. The van der Waals surface area contributed by atoms with Crippen molar-refractivity contribution >= 4 is 63.8 Å². The molecule has 1 fully saturated rings. The second-order valence-electron chi connectivity index (χ2n) is 9.18. The molecule has 0 radical (unpaired) electrons. The molecule has 7 heteroatoms. The van der Waals surface area contributed by atoms with Gasteiger partial charge in [0.25, 0.3) is 11.8 Å². The van der Waals surface area contributed by atoms with Crippen LogP contribution in [0.4, 0.5) is 11.4 Å². The summed E-state index contributed by atoms with van der Waals surface area (Å²) in [4.78, 5) is 29.7. The number of halogens is 1. The van der Waals surface area contributed by atoms with Crippen LogP contribution in [0.15, 0.2) is 42.0 Å². The molecule has 2 aliphatic heterocycles. The molecular weight excluding hydrogens is 454 g/mol. The minimum atomic E-state index is -0.537. The lowest BCUT2D eigenvalue weighted by molar-refractivity contribution is -0.122. The van der Waals surface area contributed by atoms with Gasteiger partial charge >= 0.3 is 0 Å². The van der Waals surface area contributed by atoms with Gasteiger partial charge in [-0.15, -0.1) is 0 Å². The maximum absolute atomic E-state index is 13.4. The number of fused-ring (bicyclic) bond motifs is 1. The van der Waals surface area contributed by atoms with E-state index < -0.39 is 11.8 Å². The summed E-state index contributed by atoms with van der Waals surface area (Å²) >= 11 is 12.0. The molecule has 4 rings (SSSR count). The highest BCUT2D eigenvalue weighted by molar-refractivity contribution is 7.80. The number of allylic oxidation sites excluding steroid dienone is 1. The highest BCUT2D eigenvalue weighted by Gasteiger charge is 2.35. The average Bonchev–Trinajstić information content (AvgIpc) is 2.71. The van der Waals surface area contributed by atoms with Gasteiger partial charge in [0.05, 0.1) is 11.2 Å². The Morgan fingerprint density at radius 2 is 1.76 bits per heavy atom. The molecule has 0 atom stereocenters. The van der Waals surface area contributed by atoms with Gasteiger partial charge in [-0.05, 0) is 87.8 Å². The quantitative estimate of drug-likeness (QED) is 0.355. The van der Waals surface area contributed by atoms with Gasteiger partial charge in [0.2, 0.25) is 0 Å². The largest absolute Gasteiger partial charge is 0.365 e. The summed E-state index contributed by atoms with van der Waals surface area (Å²) < 4.78 is 0. The van der Waals surface area contributed by atoms with Crippen molar-refractivity contribution in [2.24, 2.45) is 0 Å². The third kappa shape index (κ3) is 3.98. The minimum Gasteiger partial charge on any atom is -0.365 e. The average molecular weight is 480 g/mol. The van der Waals surface area contributed by atoms with Gasteiger partial charge in [0, 0.05) is 23.3 Å². The first-order valence-electron chi connectivity index (χ1n) is 10.7. The van der Waals surface area contributed by atoms with Crippen LogP contribution in [0.3, 0.4) is 0 Å². The summed E-state index contributed by atoms with van der Waals surface area (Å²) in [5.41, 5.74) is 6.16. The number of anilines is 2. The summed E-state index contributed by atoms with van der Waals surface area (Å²) in [6, 6.07) is 9.53. The number of hydrogen-bond donors (Lipinski definition) is 1. The molecule has 33 heavy (non-hydrogen) atoms. The van der Waals surface area contributed by atoms with Gasteiger partial charge in [-0.2, -0.15) is 0 Å². The predicted octanol–water partition coefficient (Wildman–Crippen LogP) is 5.42. The lowest BCUT2D eigenvalue weighted by Gasteiger charge is -2.41. The molecule has 0 aromatic heterocycles. The van der Waals surface area contributed by atoms with Crippen molar-refractivity contribution in [3.05, 3.63) is 69.3 Å². The first kappa shape index (κ1) is 23.2. The maximum atomic E-state index is 13.4. The Labute approximate surface area is 204 Å². The maximum Gasteiger partial charge on any atom is 0.270 e. The molecule has 2 aliphatic rings. The number of nitrogens with zero attached hydrogens (tertiary/aromatic N) is 2. The Hall–Kier alpha value is -2.96. The van der Waals surface area contributed by atoms with Crippen LogP contribution in [0.1, 0.15) is 43.0 Å². The van der Waals surface area contributed by atoms with Crippen LogP contribution in [0.2, 0.25) is 5.02 Å². The molecule has 2 aromatic rings. The van der Waals surface area contributed by atoms with E-state index in [0.717, 1.165) is 28.0 Å². The number of rotatable bonds is 2. The Bertz CT molecular complexity index is 1290. The standard InChI is InChI=1S/C26H26ClN3O2S/c1-14-7-8-21(15(2)9-14)30-24(32)19(23(31)28-25(30)33)11-17-10-18-16(3)13-26(4,5)29(6)22(18)12-20(17)27/h7-13H,1-6H3,(H,28,31,33)/b19-11-. The fourth-order valence-electron chi connectivity index (χ4n) is 4.39. The van der Waals surface area contributed by atoms with E-state index in [1.54, 1.807) is 6.08 Å². The van der Waals surface area contributed by atoms with Crippen LogP contribution in [-0.2, 0) is 9.59 Å². The molecule has 2 aromatic carbocycles. The van der Waals surface area contributed by atoms with E-state index in [2.05, 4.69) is 37.1 Å². The third-order valence-corrected chi connectivity index (χ3v) is 6.94. The fraction of sp³-hybridized carbons (Fsp3) is 0.269. The zero-order valence-electron chi connectivity index (χ0n) is 19.5. The second kappa shape index (κ2) is 8.12. The SMILES string of the molecule is CC1=CC(C)(C)N(C)c2cc(Cl)c(/C=C3/C(=O)NC(=S)N(c4ccc(C)cc4C)C3=O)cc21. The lowest BCUT2D eigenvalue weighted by Crippen LogP contribution is -2.54. The number of carbonyl (C=O) groups is 2. The summed E-state index contributed by atoms with van der Waals surface area (Å²) in [6.07, 6.45) is 3.74. The molecule has 0 saturated carbocycles. The Balaban J connectivity index is 1.80. The van der Waals surface area contributed by atoms with Gasteiger partial charge in [-0.3, -0.25) is 19.8 Å². The number of nitrogens with one attached hydrogen (secondary N) is 1. The van der Waals surface area contributed by atoms with Crippen molar-refractivity contribution in [3.63, 3.8) is 0 Å². The van der Waals surface area contributed by atoms with E-state index in [1.165, 1.54) is 4.90 Å². The van der Waals surface area contributed by atoms with Crippen LogP contribution in [0, 0.1) is 13.8 Å². The van der Waals surface area contributed by atoms with Crippen molar-refractivity contribution in [2.45, 2.75) is 40.2 Å². The van der Waals surface area contributed by atoms with Crippen molar-refractivity contribution in [1.29, 1.82) is 0 Å². The van der Waals surface area contributed by atoms with Crippen LogP contribution < -0.4 is 15.1 Å². The van der Waals surface area contributed by atoms with Gasteiger partial charge in [0.1, 0.15) is 5.57 Å². The number of benzene rings is 2. The van der Waals surface area contributed by atoms with E-state index in [9.17, 15) is 9.59 Å². The van der Waals surface area contributed by atoms with Crippen molar-refractivity contribution < 1.29 is 9.59 Å². The molecule has 1 saturated heterocycles. The highest BCUT2D eigenvalue weighted by Crippen LogP contribution is 2.41. The minimum absolute atomic E-state index is 0.0171. The zero-order chi connectivity index (χ0) is 24.2. The Morgan fingerprint density at radius 3 is 2.42 bits per heavy atom. The number of hydrogen-bond acceptors (Lipinski definition) is 4. The van der Waals surface area contributed by atoms with Crippen molar-refractivity contribution in [1.82, 2.24) is 5.32 Å². The third-order valence-electron chi connectivity index (χ3n) is 6.33. The zero-order valence-corrected chi connectivity index (χ0v) is 21.1. The summed E-state index contributed by atoms with van der Waals surface area (Å²) in [6.45, 7) is 10.2. The van der Waals surface area contributed by atoms with E-state index in [1.807, 2.05) is 51.2 Å². The number of likely N-dealkylation sites (N-methyl/N-ethyl adjacent to an activating group) is 1. The molecule has 1 N–H and O–H groups in total. The van der Waals surface area contributed by atoms with Crippen LogP contribution in [0.25, 0.3) is 11.6 Å². The Kier molecular flexibility index (Phi) is 5.71. The molecule has 0 aliphatic carbocycles. The van der Waals surface area contributed by atoms with Crippen LogP contribution in [0.5, 0.6) is 0 Å². The molecule has 170 valence electrons.